The van der Waals surface area contributed by atoms with Crippen LogP contribution in [0.25, 0.3) is 0 Å². The number of allylic oxidation sites excluding steroid dienone is 1. The lowest BCUT2D eigenvalue weighted by molar-refractivity contribution is -0.137. The molecule has 4 atom stereocenters. The topological polar surface area (TPSA) is 94.8 Å². The first-order chi connectivity index (χ1) is 12.0. The number of hydrogen-bond acceptors (Lipinski definition) is 4. The summed E-state index contributed by atoms with van der Waals surface area (Å²) in [6.45, 7) is 2.16. The Bertz CT molecular complexity index is 469. The number of hydrogen-bond donors (Lipinski definition) is 3. The Hall–Kier alpha value is -1.46. The van der Waals surface area contributed by atoms with Gasteiger partial charge in [-0.25, -0.2) is 0 Å². The van der Waals surface area contributed by atoms with Crippen molar-refractivity contribution >= 4 is 11.8 Å². The molecule has 0 aromatic heterocycles. The van der Waals surface area contributed by atoms with Crippen molar-refractivity contribution in [2.24, 2.45) is 11.8 Å². The number of carbonyl (C=O) groups is 2. The lowest BCUT2D eigenvalue weighted by atomic mass is 9.89. The van der Waals surface area contributed by atoms with E-state index in [1.54, 1.807) is 12.2 Å². The minimum absolute atomic E-state index is 0.0159. The summed E-state index contributed by atoms with van der Waals surface area (Å²) in [5.41, 5.74) is 0. The van der Waals surface area contributed by atoms with Crippen LogP contribution in [0.3, 0.4) is 0 Å². The quantitative estimate of drug-likeness (QED) is 0.370. The summed E-state index contributed by atoms with van der Waals surface area (Å²) in [7, 11) is 0. The molecule has 1 rings (SSSR count). The third-order valence-corrected chi connectivity index (χ3v) is 4.71. The van der Waals surface area contributed by atoms with Crippen molar-refractivity contribution in [1.29, 1.82) is 0 Å². The largest absolute Gasteiger partial charge is 0.481 e. The molecule has 0 aliphatic heterocycles. The molecule has 0 unspecified atom stereocenters. The van der Waals surface area contributed by atoms with Gasteiger partial charge in [-0.1, -0.05) is 44.1 Å². The molecule has 0 bridgehead atoms. The number of aliphatic hydroxyl groups excluding tert-OH is 2. The minimum Gasteiger partial charge on any atom is -0.481 e. The minimum atomic E-state index is -0.876. The Morgan fingerprint density at radius 2 is 2.04 bits per heavy atom. The van der Waals surface area contributed by atoms with Gasteiger partial charge in [0.25, 0.3) is 0 Å². The number of rotatable bonds is 12. The third-order valence-electron chi connectivity index (χ3n) is 4.71. The zero-order valence-corrected chi connectivity index (χ0v) is 15.1. The predicted molar refractivity (Wildman–Crippen MR) is 97.1 cm³/mol. The fraction of sp³-hybridized carbons (Fsp3) is 0.700. The standard InChI is InChI=1S/C20H32O5/c1-2-3-4-5-6-7-9-15(21)12-13-17-16(10-8-11-20(24)25)18(22)14-19(17)23/h6-7,12-13,15-17,19,21,23H,2-5,8-11,14H2,1H3,(H,24,25)/b7-6-,13-12+/t15-,16-,17-,19+/m0/s1. The van der Waals surface area contributed by atoms with E-state index >= 15 is 0 Å². The molecular weight excluding hydrogens is 320 g/mol. The monoisotopic (exact) mass is 352 g/mol. The van der Waals surface area contributed by atoms with Gasteiger partial charge in [0, 0.05) is 24.7 Å². The Balaban J connectivity index is 2.45. The van der Waals surface area contributed by atoms with Gasteiger partial charge in [0.05, 0.1) is 12.2 Å². The molecule has 1 aliphatic rings. The smallest absolute Gasteiger partial charge is 0.303 e. The molecule has 1 aliphatic carbocycles. The summed E-state index contributed by atoms with van der Waals surface area (Å²) in [6.07, 6.45) is 12.2. The summed E-state index contributed by atoms with van der Waals surface area (Å²) in [5, 5.41) is 28.8. The van der Waals surface area contributed by atoms with E-state index < -0.39 is 18.2 Å². The molecule has 5 heteroatoms. The van der Waals surface area contributed by atoms with E-state index in [1.807, 2.05) is 6.08 Å². The number of unbranched alkanes of at least 4 members (excludes halogenated alkanes) is 3. The van der Waals surface area contributed by atoms with Gasteiger partial charge in [0.2, 0.25) is 0 Å². The molecule has 0 aromatic rings. The highest BCUT2D eigenvalue weighted by molar-refractivity contribution is 5.84. The van der Waals surface area contributed by atoms with Gasteiger partial charge in [-0.05, 0) is 32.1 Å². The van der Waals surface area contributed by atoms with E-state index in [1.165, 1.54) is 12.8 Å². The second kappa shape index (κ2) is 12.0. The van der Waals surface area contributed by atoms with Gasteiger partial charge >= 0.3 is 5.97 Å². The molecule has 1 fully saturated rings. The van der Waals surface area contributed by atoms with E-state index in [9.17, 15) is 19.8 Å². The molecule has 0 amide bonds. The number of Topliss-reactive ketones (excluding diaryl/α,β-unsaturated/α-hetero) is 1. The highest BCUT2D eigenvalue weighted by atomic mass is 16.4. The molecule has 0 radical (unpaired) electrons. The van der Waals surface area contributed by atoms with Crippen molar-refractivity contribution in [1.82, 2.24) is 0 Å². The van der Waals surface area contributed by atoms with Crippen molar-refractivity contribution in [3.05, 3.63) is 24.3 Å². The highest BCUT2D eigenvalue weighted by Crippen LogP contribution is 2.34. The average molecular weight is 352 g/mol. The van der Waals surface area contributed by atoms with Crippen LogP contribution in [0, 0.1) is 11.8 Å². The number of ketones is 1. The molecule has 142 valence electrons. The first kappa shape index (κ1) is 21.6. The predicted octanol–water partition coefficient (Wildman–Crippen LogP) is 3.25. The van der Waals surface area contributed by atoms with Crippen LogP contribution in [-0.4, -0.2) is 39.3 Å². The van der Waals surface area contributed by atoms with E-state index in [0.29, 0.717) is 19.3 Å². The van der Waals surface area contributed by atoms with Gasteiger partial charge in [-0.15, -0.1) is 0 Å². The summed E-state index contributed by atoms with van der Waals surface area (Å²) in [5.74, 6) is -1.57. The Morgan fingerprint density at radius 3 is 2.72 bits per heavy atom. The van der Waals surface area contributed by atoms with Crippen molar-refractivity contribution in [3.63, 3.8) is 0 Å². The van der Waals surface area contributed by atoms with Crippen LogP contribution in [0.15, 0.2) is 24.3 Å². The molecule has 25 heavy (non-hydrogen) atoms. The van der Waals surface area contributed by atoms with Crippen molar-refractivity contribution in [2.75, 3.05) is 0 Å². The molecule has 0 heterocycles. The van der Waals surface area contributed by atoms with Crippen LogP contribution in [0.1, 0.15) is 64.7 Å². The number of aliphatic carboxylic acids is 1. The van der Waals surface area contributed by atoms with Gasteiger partial charge in [0.15, 0.2) is 0 Å². The second-order valence-electron chi connectivity index (χ2n) is 6.86. The molecule has 5 nitrogen and oxygen atoms in total. The van der Waals surface area contributed by atoms with Gasteiger partial charge < -0.3 is 15.3 Å². The fourth-order valence-corrected chi connectivity index (χ4v) is 3.27. The number of carbonyl (C=O) groups excluding carboxylic acids is 1. The van der Waals surface area contributed by atoms with E-state index in [0.717, 1.165) is 12.8 Å². The maximum absolute atomic E-state index is 12.0. The molecule has 3 N–H and O–H groups in total. The van der Waals surface area contributed by atoms with Crippen LogP contribution >= 0.6 is 0 Å². The SMILES string of the molecule is CCCCC/C=C\C[C@H](O)/C=C/[C@@H]1[C@H](O)CC(=O)[C@H]1CCCC(=O)O. The van der Waals surface area contributed by atoms with Crippen LogP contribution in [-0.2, 0) is 9.59 Å². The van der Waals surface area contributed by atoms with Crippen molar-refractivity contribution in [3.8, 4) is 0 Å². The molecule has 1 saturated carbocycles. The second-order valence-corrected chi connectivity index (χ2v) is 6.86. The molecular formula is C20H32O5. The molecule has 0 saturated heterocycles. The van der Waals surface area contributed by atoms with E-state index in [-0.39, 0.29) is 30.5 Å². The van der Waals surface area contributed by atoms with Crippen LogP contribution in [0.4, 0.5) is 0 Å². The van der Waals surface area contributed by atoms with Crippen molar-refractivity contribution in [2.45, 2.75) is 76.9 Å². The Kier molecular flexibility index (Phi) is 10.3. The van der Waals surface area contributed by atoms with E-state index in [2.05, 4.69) is 13.0 Å². The lowest BCUT2D eigenvalue weighted by Gasteiger charge is -2.17. The maximum atomic E-state index is 12.0. The zero-order valence-electron chi connectivity index (χ0n) is 15.1. The van der Waals surface area contributed by atoms with Crippen LogP contribution < -0.4 is 0 Å². The summed E-state index contributed by atoms with van der Waals surface area (Å²) < 4.78 is 0. The van der Waals surface area contributed by atoms with Crippen molar-refractivity contribution < 1.29 is 24.9 Å². The maximum Gasteiger partial charge on any atom is 0.303 e. The van der Waals surface area contributed by atoms with Gasteiger partial charge in [-0.2, -0.15) is 0 Å². The van der Waals surface area contributed by atoms with Crippen LogP contribution in [0.2, 0.25) is 0 Å². The molecule has 0 spiro atoms. The van der Waals surface area contributed by atoms with Gasteiger partial charge in [-0.3, -0.25) is 9.59 Å². The first-order valence-corrected chi connectivity index (χ1v) is 9.39. The fourth-order valence-electron chi connectivity index (χ4n) is 3.27. The van der Waals surface area contributed by atoms with Crippen LogP contribution in [0.5, 0.6) is 0 Å². The normalized spacial score (nSPS) is 25.2. The summed E-state index contributed by atoms with van der Waals surface area (Å²) in [4.78, 5) is 22.6. The average Bonchev–Trinajstić information content (AvgIpc) is 2.82. The van der Waals surface area contributed by atoms with E-state index in [4.69, 9.17) is 5.11 Å². The Labute approximate surface area is 150 Å². The highest BCUT2D eigenvalue weighted by Gasteiger charge is 2.39. The molecule has 0 aromatic carbocycles. The number of carboxylic acid groups (broad SMARTS) is 1. The summed E-state index contributed by atoms with van der Waals surface area (Å²) >= 11 is 0. The van der Waals surface area contributed by atoms with Gasteiger partial charge in [0.1, 0.15) is 5.78 Å². The number of aliphatic hydroxyl groups is 2. The zero-order chi connectivity index (χ0) is 18.7. The number of carboxylic acids is 1. The Morgan fingerprint density at radius 1 is 1.28 bits per heavy atom. The first-order valence-electron chi connectivity index (χ1n) is 9.39. The third kappa shape index (κ3) is 8.45. The summed E-state index contributed by atoms with van der Waals surface area (Å²) in [6, 6.07) is 0. The lowest BCUT2D eigenvalue weighted by Crippen LogP contribution is -2.19.